The Morgan fingerprint density at radius 1 is 1.50 bits per heavy atom. The van der Waals surface area contributed by atoms with E-state index in [0.717, 1.165) is 17.9 Å². The van der Waals surface area contributed by atoms with E-state index in [2.05, 4.69) is 25.9 Å². The highest BCUT2D eigenvalue weighted by molar-refractivity contribution is 5.45. The Balaban J connectivity index is 3.21. The first-order valence-electron chi connectivity index (χ1n) is 4.39. The number of nitrogens with two attached hydrogens (primary N) is 1. The molecule has 0 bridgehead atoms. The minimum absolute atomic E-state index is 0.466. The molecule has 0 spiro atoms. The van der Waals surface area contributed by atoms with Crippen LogP contribution in [0, 0.1) is 0 Å². The SMILES string of the molecule is CCc1nn(C)c(N)c1C(C)C. The maximum Gasteiger partial charge on any atom is 0.125 e. The van der Waals surface area contributed by atoms with Crippen LogP contribution in [0.1, 0.15) is 37.9 Å². The molecular formula is C9H17N3. The van der Waals surface area contributed by atoms with Gasteiger partial charge in [0.2, 0.25) is 0 Å². The number of anilines is 1. The molecule has 1 heterocycles. The highest BCUT2D eigenvalue weighted by Crippen LogP contribution is 2.25. The van der Waals surface area contributed by atoms with Gasteiger partial charge in [-0.1, -0.05) is 20.8 Å². The Morgan fingerprint density at radius 3 is 2.42 bits per heavy atom. The zero-order chi connectivity index (χ0) is 9.30. The van der Waals surface area contributed by atoms with Crippen molar-refractivity contribution in [2.75, 3.05) is 5.73 Å². The Labute approximate surface area is 73.6 Å². The van der Waals surface area contributed by atoms with E-state index in [9.17, 15) is 0 Å². The van der Waals surface area contributed by atoms with Crippen molar-refractivity contribution in [2.24, 2.45) is 7.05 Å². The zero-order valence-corrected chi connectivity index (χ0v) is 8.26. The monoisotopic (exact) mass is 167 g/mol. The van der Waals surface area contributed by atoms with Crippen LogP contribution >= 0.6 is 0 Å². The fourth-order valence-electron chi connectivity index (χ4n) is 1.50. The van der Waals surface area contributed by atoms with Gasteiger partial charge in [-0.05, 0) is 12.3 Å². The molecule has 68 valence electrons. The molecular weight excluding hydrogens is 150 g/mol. The van der Waals surface area contributed by atoms with Gasteiger partial charge in [-0.2, -0.15) is 5.10 Å². The van der Waals surface area contributed by atoms with Crippen molar-refractivity contribution in [3.63, 3.8) is 0 Å². The summed E-state index contributed by atoms with van der Waals surface area (Å²) < 4.78 is 1.76. The standard InChI is InChI=1S/C9H17N3/c1-5-7-8(6(2)3)9(10)12(4)11-7/h6H,5,10H2,1-4H3. The van der Waals surface area contributed by atoms with Crippen molar-refractivity contribution >= 4 is 5.82 Å². The lowest BCUT2D eigenvalue weighted by atomic mass is 10.0. The van der Waals surface area contributed by atoms with E-state index in [1.807, 2.05) is 7.05 Å². The van der Waals surface area contributed by atoms with Crippen LogP contribution in [0.3, 0.4) is 0 Å². The molecule has 0 aromatic carbocycles. The molecule has 2 N–H and O–H groups in total. The van der Waals surface area contributed by atoms with Crippen LogP contribution in [-0.2, 0) is 13.5 Å². The molecule has 0 atom stereocenters. The predicted octanol–water partition coefficient (Wildman–Crippen LogP) is 1.69. The summed E-state index contributed by atoms with van der Waals surface area (Å²) in [6, 6.07) is 0. The van der Waals surface area contributed by atoms with Crippen molar-refractivity contribution in [1.82, 2.24) is 9.78 Å². The zero-order valence-electron chi connectivity index (χ0n) is 8.26. The van der Waals surface area contributed by atoms with Gasteiger partial charge in [0, 0.05) is 12.6 Å². The molecule has 1 aromatic rings. The molecule has 0 amide bonds. The topological polar surface area (TPSA) is 43.8 Å². The second-order valence-electron chi connectivity index (χ2n) is 3.38. The van der Waals surface area contributed by atoms with Gasteiger partial charge in [-0.25, -0.2) is 0 Å². The highest BCUT2D eigenvalue weighted by atomic mass is 15.3. The summed E-state index contributed by atoms with van der Waals surface area (Å²) in [5.74, 6) is 1.27. The maximum atomic E-state index is 5.88. The molecule has 0 radical (unpaired) electrons. The lowest BCUT2D eigenvalue weighted by Crippen LogP contribution is -2.00. The molecule has 0 unspecified atom stereocenters. The largest absolute Gasteiger partial charge is 0.384 e. The normalized spacial score (nSPS) is 11.1. The van der Waals surface area contributed by atoms with Gasteiger partial charge in [0.05, 0.1) is 5.69 Å². The third kappa shape index (κ3) is 1.31. The molecule has 3 heteroatoms. The van der Waals surface area contributed by atoms with Gasteiger partial charge in [0.15, 0.2) is 0 Å². The first kappa shape index (κ1) is 9.10. The van der Waals surface area contributed by atoms with Crippen LogP contribution in [0.5, 0.6) is 0 Å². The summed E-state index contributed by atoms with van der Waals surface area (Å²) in [5, 5.41) is 4.34. The van der Waals surface area contributed by atoms with Crippen LogP contribution < -0.4 is 5.73 Å². The Morgan fingerprint density at radius 2 is 2.08 bits per heavy atom. The molecule has 0 aliphatic rings. The van der Waals surface area contributed by atoms with Crippen LogP contribution in [-0.4, -0.2) is 9.78 Å². The van der Waals surface area contributed by atoms with Crippen molar-refractivity contribution in [2.45, 2.75) is 33.1 Å². The number of nitrogen functional groups attached to an aromatic ring is 1. The second kappa shape index (κ2) is 3.17. The molecule has 0 saturated carbocycles. The van der Waals surface area contributed by atoms with E-state index < -0.39 is 0 Å². The van der Waals surface area contributed by atoms with Gasteiger partial charge in [0.1, 0.15) is 5.82 Å². The average Bonchev–Trinajstić information content (AvgIpc) is 2.28. The summed E-state index contributed by atoms with van der Waals surface area (Å²) in [7, 11) is 1.89. The molecule has 1 rings (SSSR count). The Kier molecular flexibility index (Phi) is 2.40. The van der Waals surface area contributed by atoms with Crippen LogP contribution in [0.4, 0.5) is 5.82 Å². The van der Waals surface area contributed by atoms with Gasteiger partial charge < -0.3 is 5.73 Å². The highest BCUT2D eigenvalue weighted by Gasteiger charge is 2.14. The van der Waals surface area contributed by atoms with Crippen LogP contribution in [0.2, 0.25) is 0 Å². The lowest BCUT2D eigenvalue weighted by Gasteiger charge is -2.05. The number of aryl methyl sites for hydroxylation is 2. The molecule has 0 aliphatic heterocycles. The summed E-state index contributed by atoms with van der Waals surface area (Å²) in [6.45, 7) is 6.40. The quantitative estimate of drug-likeness (QED) is 0.728. The first-order valence-corrected chi connectivity index (χ1v) is 4.39. The number of rotatable bonds is 2. The Bertz CT molecular complexity index is 274. The van der Waals surface area contributed by atoms with E-state index in [1.165, 1.54) is 5.56 Å². The van der Waals surface area contributed by atoms with Gasteiger partial charge >= 0.3 is 0 Å². The van der Waals surface area contributed by atoms with E-state index >= 15 is 0 Å². The van der Waals surface area contributed by atoms with Crippen molar-refractivity contribution in [3.05, 3.63) is 11.3 Å². The van der Waals surface area contributed by atoms with E-state index in [0.29, 0.717) is 5.92 Å². The third-order valence-electron chi connectivity index (χ3n) is 2.12. The smallest absolute Gasteiger partial charge is 0.125 e. The molecule has 0 saturated heterocycles. The molecule has 1 aromatic heterocycles. The number of hydrogen-bond acceptors (Lipinski definition) is 2. The van der Waals surface area contributed by atoms with E-state index in [4.69, 9.17) is 5.73 Å². The van der Waals surface area contributed by atoms with Crippen molar-refractivity contribution < 1.29 is 0 Å². The molecule has 3 nitrogen and oxygen atoms in total. The minimum Gasteiger partial charge on any atom is -0.384 e. The van der Waals surface area contributed by atoms with E-state index in [1.54, 1.807) is 4.68 Å². The van der Waals surface area contributed by atoms with Crippen LogP contribution in [0.25, 0.3) is 0 Å². The van der Waals surface area contributed by atoms with Gasteiger partial charge in [-0.15, -0.1) is 0 Å². The summed E-state index contributed by atoms with van der Waals surface area (Å²) in [6.07, 6.45) is 0.957. The summed E-state index contributed by atoms with van der Waals surface area (Å²) >= 11 is 0. The van der Waals surface area contributed by atoms with Crippen molar-refractivity contribution in [3.8, 4) is 0 Å². The molecule has 0 aliphatic carbocycles. The third-order valence-corrected chi connectivity index (χ3v) is 2.12. The Hall–Kier alpha value is -0.990. The average molecular weight is 167 g/mol. The molecule has 0 fully saturated rings. The number of nitrogens with zero attached hydrogens (tertiary/aromatic N) is 2. The fourth-order valence-corrected chi connectivity index (χ4v) is 1.50. The lowest BCUT2D eigenvalue weighted by molar-refractivity contribution is 0.755. The fraction of sp³-hybridized carbons (Fsp3) is 0.667. The molecule has 12 heavy (non-hydrogen) atoms. The van der Waals surface area contributed by atoms with Gasteiger partial charge in [-0.3, -0.25) is 4.68 Å². The van der Waals surface area contributed by atoms with Crippen molar-refractivity contribution in [1.29, 1.82) is 0 Å². The van der Waals surface area contributed by atoms with E-state index in [-0.39, 0.29) is 0 Å². The number of hydrogen-bond donors (Lipinski definition) is 1. The predicted molar refractivity (Wildman–Crippen MR) is 51.1 cm³/mol. The second-order valence-corrected chi connectivity index (χ2v) is 3.38. The minimum atomic E-state index is 0.466. The van der Waals surface area contributed by atoms with Gasteiger partial charge in [0.25, 0.3) is 0 Å². The van der Waals surface area contributed by atoms with Crippen LogP contribution in [0.15, 0.2) is 0 Å². The first-order chi connectivity index (χ1) is 5.57. The number of aromatic nitrogens is 2. The summed E-state index contributed by atoms with van der Waals surface area (Å²) in [5.41, 5.74) is 8.22. The maximum absolute atomic E-state index is 5.88. The summed E-state index contributed by atoms with van der Waals surface area (Å²) in [4.78, 5) is 0.